The molecular formula is C23H22O2. The number of aryl methyl sites for hydroxylation is 2. The molecule has 0 aliphatic heterocycles. The molecule has 4 rings (SSSR count). The lowest BCUT2D eigenvalue weighted by Crippen LogP contribution is -2.11. The second-order valence-corrected chi connectivity index (χ2v) is 7.14. The SMILES string of the molecule is CC(=O)c1cc([C@]2(c3ccccc3)C[C@H]2c2ccc(C)cc2)oc1C. The first-order chi connectivity index (χ1) is 12.0. The molecule has 0 amide bonds. The van der Waals surface area contributed by atoms with Gasteiger partial charge in [0.2, 0.25) is 0 Å². The number of ketones is 1. The lowest BCUT2D eigenvalue weighted by Gasteiger charge is -2.16. The average Bonchev–Trinajstić information content (AvgIpc) is 3.24. The summed E-state index contributed by atoms with van der Waals surface area (Å²) in [6, 6.07) is 21.2. The summed E-state index contributed by atoms with van der Waals surface area (Å²) in [4.78, 5) is 11.9. The molecule has 2 nitrogen and oxygen atoms in total. The minimum absolute atomic E-state index is 0.0586. The summed E-state index contributed by atoms with van der Waals surface area (Å²) in [5, 5.41) is 0. The normalized spacial score (nSPS) is 22.0. The average molecular weight is 330 g/mol. The zero-order chi connectivity index (χ0) is 17.6. The smallest absolute Gasteiger partial charge is 0.163 e. The molecule has 2 atom stereocenters. The van der Waals surface area contributed by atoms with Gasteiger partial charge >= 0.3 is 0 Å². The Bertz CT molecular complexity index is 918. The minimum atomic E-state index is -0.172. The van der Waals surface area contributed by atoms with E-state index < -0.39 is 0 Å². The Kier molecular flexibility index (Phi) is 3.64. The van der Waals surface area contributed by atoms with Gasteiger partial charge in [-0.15, -0.1) is 0 Å². The number of furan rings is 1. The third-order valence-corrected chi connectivity index (χ3v) is 5.47. The number of hydrogen-bond donors (Lipinski definition) is 0. The first-order valence-corrected chi connectivity index (χ1v) is 8.76. The molecule has 1 fully saturated rings. The van der Waals surface area contributed by atoms with Gasteiger partial charge in [-0.25, -0.2) is 0 Å². The lowest BCUT2D eigenvalue weighted by molar-refractivity contribution is 0.101. The van der Waals surface area contributed by atoms with Crippen LogP contribution in [0.15, 0.2) is 65.1 Å². The van der Waals surface area contributed by atoms with Crippen molar-refractivity contribution in [2.24, 2.45) is 0 Å². The molecule has 0 spiro atoms. The molecule has 0 N–H and O–H groups in total. The highest BCUT2D eigenvalue weighted by molar-refractivity contribution is 5.95. The Morgan fingerprint density at radius 3 is 2.32 bits per heavy atom. The molecular weight excluding hydrogens is 308 g/mol. The van der Waals surface area contributed by atoms with E-state index >= 15 is 0 Å². The van der Waals surface area contributed by atoms with E-state index in [1.165, 1.54) is 16.7 Å². The minimum Gasteiger partial charge on any atom is -0.465 e. The second-order valence-electron chi connectivity index (χ2n) is 7.14. The molecule has 2 heteroatoms. The van der Waals surface area contributed by atoms with Crippen molar-refractivity contribution < 1.29 is 9.21 Å². The fraction of sp³-hybridized carbons (Fsp3) is 0.261. The second kappa shape index (κ2) is 5.73. The van der Waals surface area contributed by atoms with Crippen LogP contribution in [0, 0.1) is 13.8 Å². The van der Waals surface area contributed by atoms with Gasteiger partial charge in [0.1, 0.15) is 11.5 Å². The first kappa shape index (κ1) is 15.9. The highest BCUT2D eigenvalue weighted by Gasteiger charge is 2.59. The van der Waals surface area contributed by atoms with E-state index in [-0.39, 0.29) is 11.2 Å². The fourth-order valence-electron chi connectivity index (χ4n) is 3.98. The summed E-state index contributed by atoms with van der Waals surface area (Å²) in [6.45, 7) is 5.58. The van der Waals surface area contributed by atoms with E-state index in [1.807, 2.05) is 19.1 Å². The zero-order valence-corrected chi connectivity index (χ0v) is 14.9. The monoisotopic (exact) mass is 330 g/mol. The predicted molar refractivity (Wildman–Crippen MR) is 99.2 cm³/mol. The number of hydrogen-bond acceptors (Lipinski definition) is 2. The van der Waals surface area contributed by atoms with Gasteiger partial charge in [-0.2, -0.15) is 0 Å². The van der Waals surface area contributed by atoms with Crippen molar-refractivity contribution in [3.05, 3.63) is 94.4 Å². The molecule has 126 valence electrons. The lowest BCUT2D eigenvalue weighted by atomic mass is 9.88. The van der Waals surface area contributed by atoms with Crippen molar-refractivity contribution in [3.63, 3.8) is 0 Å². The van der Waals surface area contributed by atoms with Gasteiger partial charge in [-0.1, -0.05) is 60.2 Å². The molecule has 1 aliphatic carbocycles. The summed E-state index contributed by atoms with van der Waals surface area (Å²) in [5.41, 5.74) is 4.37. The quantitative estimate of drug-likeness (QED) is 0.585. The number of Topliss-reactive ketones (excluding diaryl/α,β-unsaturated/α-hetero) is 1. The molecule has 0 saturated heterocycles. The molecule has 1 saturated carbocycles. The van der Waals surface area contributed by atoms with Gasteiger partial charge in [-0.05, 0) is 44.4 Å². The van der Waals surface area contributed by atoms with Crippen LogP contribution in [0.3, 0.4) is 0 Å². The number of carbonyl (C=O) groups excluding carboxylic acids is 1. The molecule has 25 heavy (non-hydrogen) atoms. The van der Waals surface area contributed by atoms with Gasteiger partial charge in [0.05, 0.1) is 11.0 Å². The fourth-order valence-corrected chi connectivity index (χ4v) is 3.98. The Morgan fingerprint density at radius 1 is 1.04 bits per heavy atom. The van der Waals surface area contributed by atoms with Crippen molar-refractivity contribution in [1.82, 2.24) is 0 Å². The molecule has 0 radical (unpaired) electrons. The Balaban J connectivity index is 1.83. The van der Waals surface area contributed by atoms with Gasteiger partial charge in [-0.3, -0.25) is 4.79 Å². The highest BCUT2D eigenvalue weighted by atomic mass is 16.3. The van der Waals surface area contributed by atoms with Crippen LogP contribution in [0.25, 0.3) is 0 Å². The Labute approximate surface area is 148 Å². The van der Waals surface area contributed by atoms with Crippen molar-refractivity contribution in [1.29, 1.82) is 0 Å². The van der Waals surface area contributed by atoms with Crippen LogP contribution in [0.2, 0.25) is 0 Å². The molecule has 0 unspecified atom stereocenters. The molecule has 0 bridgehead atoms. The van der Waals surface area contributed by atoms with Gasteiger partial charge in [0.25, 0.3) is 0 Å². The van der Waals surface area contributed by atoms with E-state index in [9.17, 15) is 4.79 Å². The van der Waals surface area contributed by atoms with E-state index in [2.05, 4.69) is 55.5 Å². The molecule has 3 aromatic rings. The number of rotatable bonds is 4. The van der Waals surface area contributed by atoms with Crippen LogP contribution in [-0.4, -0.2) is 5.78 Å². The van der Waals surface area contributed by atoms with Crippen LogP contribution in [-0.2, 0) is 5.41 Å². The standard InChI is InChI=1S/C23H22O2/c1-15-9-11-18(12-10-15)21-14-23(21,19-7-5-4-6-8-19)22-13-20(16(2)24)17(3)25-22/h4-13,21H,14H2,1-3H3/t21-,23-/m0/s1. The third-order valence-electron chi connectivity index (χ3n) is 5.47. The van der Waals surface area contributed by atoms with E-state index in [0.29, 0.717) is 17.2 Å². The summed E-state index contributed by atoms with van der Waals surface area (Å²) in [6.07, 6.45) is 1.00. The van der Waals surface area contributed by atoms with Gasteiger partial charge < -0.3 is 4.42 Å². The summed E-state index contributed by atoms with van der Waals surface area (Å²) >= 11 is 0. The van der Waals surface area contributed by atoms with Crippen molar-refractivity contribution in [2.75, 3.05) is 0 Å². The third kappa shape index (κ3) is 2.53. The maximum atomic E-state index is 11.9. The number of benzene rings is 2. The summed E-state index contributed by atoms with van der Waals surface area (Å²) < 4.78 is 6.11. The van der Waals surface area contributed by atoms with E-state index in [0.717, 1.165) is 12.2 Å². The Hall–Kier alpha value is -2.61. The van der Waals surface area contributed by atoms with Gasteiger partial charge in [0.15, 0.2) is 5.78 Å². The van der Waals surface area contributed by atoms with Crippen LogP contribution < -0.4 is 0 Å². The topological polar surface area (TPSA) is 30.2 Å². The maximum absolute atomic E-state index is 11.9. The zero-order valence-electron chi connectivity index (χ0n) is 14.9. The maximum Gasteiger partial charge on any atom is 0.163 e. The molecule has 1 heterocycles. The van der Waals surface area contributed by atoms with Crippen LogP contribution >= 0.6 is 0 Å². The van der Waals surface area contributed by atoms with Crippen molar-refractivity contribution >= 4 is 5.78 Å². The highest BCUT2D eigenvalue weighted by Crippen LogP contribution is 2.64. The van der Waals surface area contributed by atoms with Gasteiger partial charge in [0, 0.05) is 5.92 Å². The largest absolute Gasteiger partial charge is 0.465 e. The van der Waals surface area contributed by atoms with Crippen molar-refractivity contribution in [2.45, 2.75) is 38.5 Å². The number of carbonyl (C=O) groups is 1. The van der Waals surface area contributed by atoms with Crippen molar-refractivity contribution in [3.8, 4) is 0 Å². The first-order valence-electron chi connectivity index (χ1n) is 8.76. The van der Waals surface area contributed by atoms with E-state index in [4.69, 9.17) is 4.42 Å². The Morgan fingerprint density at radius 2 is 1.72 bits per heavy atom. The predicted octanol–water partition coefficient (Wildman–Crippen LogP) is 5.57. The molecule has 1 aliphatic rings. The van der Waals surface area contributed by atoms with Crippen LogP contribution in [0.4, 0.5) is 0 Å². The summed E-state index contributed by atoms with van der Waals surface area (Å²) in [5.74, 6) is 2.06. The van der Waals surface area contributed by atoms with Crippen LogP contribution in [0.5, 0.6) is 0 Å². The molecule has 2 aromatic carbocycles. The summed E-state index contributed by atoms with van der Waals surface area (Å²) in [7, 11) is 0. The van der Waals surface area contributed by atoms with E-state index in [1.54, 1.807) is 6.92 Å². The van der Waals surface area contributed by atoms with Crippen LogP contribution in [0.1, 0.15) is 57.8 Å². The molecule has 1 aromatic heterocycles.